The predicted molar refractivity (Wildman–Crippen MR) is 92.2 cm³/mol. The molecule has 1 aliphatic heterocycles. The van der Waals surface area contributed by atoms with E-state index in [1.165, 1.54) is 30.2 Å². The molecule has 0 saturated carbocycles. The maximum Gasteiger partial charge on any atom is 0.387 e. The lowest BCUT2D eigenvalue weighted by Crippen LogP contribution is -2.32. The van der Waals surface area contributed by atoms with Gasteiger partial charge in [0.2, 0.25) is 0 Å². The molecule has 0 radical (unpaired) electrons. The Morgan fingerprint density at radius 1 is 1.15 bits per heavy atom. The first kappa shape index (κ1) is 18.6. The van der Waals surface area contributed by atoms with E-state index in [1.807, 2.05) is 0 Å². The number of rotatable bonds is 6. The molecule has 0 spiro atoms. The fraction of sp³-hybridized carbons (Fsp3) is 0.263. The second-order valence-corrected chi connectivity index (χ2v) is 5.75. The highest BCUT2D eigenvalue weighted by atomic mass is 19.3. The standard InChI is InChI=1S/C19H17F2NO5/c1-25-18(24)12-6-8-13(9-7-12)26-16-10-11-22(17(16)23)14-4-2-3-5-15(14)27-19(20)21/h2-9,16,19H,10-11H2,1H3/t16-/m1/s1. The van der Waals surface area contributed by atoms with Gasteiger partial charge in [0.1, 0.15) is 11.5 Å². The summed E-state index contributed by atoms with van der Waals surface area (Å²) in [6, 6.07) is 12.3. The number of amides is 1. The Hall–Kier alpha value is -3.16. The molecule has 27 heavy (non-hydrogen) atoms. The largest absolute Gasteiger partial charge is 0.481 e. The molecule has 142 valence electrons. The van der Waals surface area contributed by atoms with Gasteiger partial charge in [-0.25, -0.2) is 4.79 Å². The summed E-state index contributed by atoms with van der Waals surface area (Å²) in [5, 5.41) is 0. The highest BCUT2D eigenvalue weighted by Crippen LogP contribution is 2.33. The van der Waals surface area contributed by atoms with Crippen LogP contribution in [0, 0.1) is 0 Å². The number of methoxy groups -OCH3 is 1. The minimum atomic E-state index is -2.98. The van der Waals surface area contributed by atoms with Gasteiger partial charge in [0, 0.05) is 13.0 Å². The number of nitrogens with zero attached hydrogens (tertiary/aromatic N) is 1. The maximum absolute atomic E-state index is 12.7. The van der Waals surface area contributed by atoms with Crippen molar-refractivity contribution in [1.29, 1.82) is 0 Å². The number of benzene rings is 2. The Bertz CT molecular complexity index is 825. The third kappa shape index (κ3) is 4.16. The smallest absolute Gasteiger partial charge is 0.387 e. The molecule has 0 unspecified atom stereocenters. The third-order valence-corrected chi connectivity index (χ3v) is 4.08. The number of ether oxygens (including phenoxy) is 3. The Labute approximate surface area is 154 Å². The topological polar surface area (TPSA) is 65.1 Å². The van der Waals surface area contributed by atoms with Crippen LogP contribution in [0.4, 0.5) is 14.5 Å². The summed E-state index contributed by atoms with van der Waals surface area (Å²) >= 11 is 0. The van der Waals surface area contributed by atoms with Gasteiger partial charge in [-0.3, -0.25) is 4.79 Å². The number of carbonyl (C=O) groups excluding carboxylic acids is 2. The highest BCUT2D eigenvalue weighted by Gasteiger charge is 2.35. The van der Waals surface area contributed by atoms with Crippen LogP contribution >= 0.6 is 0 Å². The van der Waals surface area contributed by atoms with Gasteiger partial charge >= 0.3 is 12.6 Å². The van der Waals surface area contributed by atoms with Crippen LogP contribution in [0.15, 0.2) is 48.5 Å². The van der Waals surface area contributed by atoms with Gasteiger partial charge in [-0.2, -0.15) is 8.78 Å². The SMILES string of the molecule is COC(=O)c1ccc(O[C@@H]2CCN(c3ccccc3OC(F)F)C2=O)cc1. The molecule has 3 rings (SSSR count). The van der Waals surface area contributed by atoms with E-state index < -0.39 is 18.7 Å². The van der Waals surface area contributed by atoms with E-state index >= 15 is 0 Å². The van der Waals surface area contributed by atoms with Crippen LogP contribution in [-0.4, -0.2) is 38.2 Å². The van der Waals surface area contributed by atoms with Crippen LogP contribution in [0.2, 0.25) is 0 Å². The van der Waals surface area contributed by atoms with Crippen LogP contribution in [0.3, 0.4) is 0 Å². The number of halogens is 2. The Morgan fingerprint density at radius 2 is 1.85 bits per heavy atom. The number of hydrogen-bond donors (Lipinski definition) is 0. The van der Waals surface area contributed by atoms with E-state index in [0.29, 0.717) is 24.3 Å². The molecule has 2 aromatic rings. The van der Waals surface area contributed by atoms with Gasteiger partial charge in [0.05, 0.1) is 18.4 Å². The first-order valence-corrected chi connectivity index (χ1v) is 8.20. The number of anilines is 1. The van der Waals surface area contributed by atoms with Crippen molar-refractivity contribution >= 4 is 17.6 Å². The number of alkyl halides is 2. The fourth-order valence-corrected chi connectivity index (χ4v) is 2.83. The lowest BCUT2D eigenvalue weighted by molar-refractivity contribution is -0.123. The molecule has 0 bridgehead atoms. The molecule has 1 amide bonds. The molecule has 1 atom stereocenters. The van der Waals surface area contributed by atoms with Gasteiger partial charge in [-0.15, -0.1) is 0 Å². The highest BCUT2D eigenvalue weighted by molar-refractivity contribution is 6.00. The van der Waals surface area contributed by atoms with Crippen LogP contribution < -0.4 is 14.4 Å². The van der Waals surface area contributed by atoms with Crippen molar-refractivity contribution in [2.75, 3.05) is 18.6 Å². The normalized spacial score (nSPS) is 16.5. The summed E-state index contributed by atoms with van der Waals surface area (Å²) in [5.74, 6) is -0.471. The van der Waals surface area contributed by atoms with E-state index in [9.17, 15) is 18.4 Å². The molecule has 6 nitrogen and oxygen atoms in total. The zero-order chi connectivity index (χ0) is 19.4. The van der Waals surface area contributed by atoms with Crippen molar-refractivity contribution in [1.82, 2.24) is 0 Å². The molecular weight excluding hydrogens is 360 g/mol. The van der Waals surface area contributed by atoms with Crippen molar-refractivity contribution < 1.29 is 32.6 Å². The zero-order valence-electron chi connectivity index (χ0n) is 14.4. The molecule has 0 aliphatic carbocycles. The molecule has 0 aromatic heterocycles. The molecular formula is C19H17F2NO5. The number of para-hydroxylation sites is 2. The summed E-state index contributed by atoms with van der Waals surface area (Å²) in [4.78, 5) is 25.5. The Kier molecular flexibility index (Phi) is 5.54. The van der Waals surface area contributed by atoms with Crippen molar-refractivity contribution in [2.24, 2.45) is 0 Å². The average molecular weight is 377 g/mol. The van der Waals surface area contributed by atoms with Crippen molar-refractivity contribution in [2.45, 2.75) is 19.1 Å². The van der Waals surface area contributed by atoms with Gasteiger partial charge < -0.3 is 19.1 Å². The molecule has 1 aliphatic rings. The fourth-order valence-electron chi connectivity index (χ4n) is 2.83. The van der Waals surface area contributed by atoms with E-state index in [-0.39, 0.29) is 17.3 Å². The minimum Gasteiger partial charge on any atom is -0.481 e. The first-order chi connectivity index (χ1) is 13.0. The van der Waals surface area contributed by atoms with Gasteiger partial charge in [0.25, 0.3) is 5.91 Å². The predicted octanol–water partition coefficient (Wildman–Crippen LogP) is 3.26. The lowest BCUT2D eigenvalue weighted by atomic mass is 10.2. The summed E-state index contributed by atoms with van der Waals surface area (Å²) < 4.78 is 40.0. The molecule has 2 aromatic carbocycles. The average Bonchev–Trinajstić information content (AvgIpc) is 3.02. The zero-order valence-corrected chi connectivity index (χ0v) is 14.4. The van der Waals surface area contributed by atoms with E-state index in [2.05, 4.69) is 9.47 Å². The summed E-state index contributed by atoms with van der Waals surface area (Å²) in [5.41, 5.74) is 0.636. The molecule has 1 fully saturated rings. The van der Waals surface area contributed by atoms with Crippen LogP contribution in [0.25, 0.3) is 0 Å². The van der Waals surface area contributed by atoms with Crippen molar-refractivity contribution in [3.05, 3.63) is 54.1 Å². The minimum absolute atomic E-state index is 0.0658. The van der Waals surface area contributed by atoms with Crippen LogP contribution in [0.1, 0.15) is 16.8 Å². The van der Waals surface area contributed by atoms with E-state index in [0.717, 1.165) is 0 Å². The summed E-state index contributed by atoms with van der Waals surface area (Å²) in [6.45, 7) is -2.67. The molecule has 1 heterocycles. The quantitative estimate of drug-likeness (QED) is 0.723. The molecule has 0 N–H and O–H groups in total. The molecule has 8 heteroatoms. The number of esters is 1. The number of hydrogen-bond acceptors (Lipinski definition) is 5. The summed E-state index contributed by atoms with van der Waals surface area (Å²) in [7, 11) is 1.29. The second-order valence-electron chi connectivity index (χ2n) is 5.75. The van der Waals surface area contributed by atoms with Gasteiger partial charge in [-0.1, -0.05) is 12.1 Å². The van der Waals surface area contributed by atoms with Gasteiger partial charge in [-0.05, 0) is 36.4 Å². The second kappa shape index (κ2) is 8.03. The van der Waals surface area contributed by atoms with Crippen LogP contribution in [0.5, 0.6) is 11.5 Å². The van der Waals surface area contributed by atoms with E-state index in [4.69, 9.17) is 4.74 Å². The summed E-state index contributed by atoms with van der Waals surface area (Å²) in [6.07, 6.45) is -0.366. The lowest BCUT2D eigenvalue weighted by Gasteiger charge is -2.20. The van der Waals surface area contributed by atoms with Crippen molar-refractivity contribution in [3.8, 4) is 11.5 Å². The maximum atomic E-state index is 12.7. The van der Waals surface area contributed by atoms with E-state index in [1.54, 1.807) is 30.3 Å². The Balaban J connectivity index is 1.71. The number of carbonyl (C=O) groups is 2. The van der Waals surface area contributed by atoms with Gasteiger partial charge in [0.15, 0.2) is 6.10 Å². The first-order valence-electron chi connectivity index (χ1n) is 8.20. The molecule has 1 saturated heterocycles. The Morgan fingerprint density at radius 3 is 2.52 bits per heavy atom. The van der Waals surface area contributed by atoms with Crippen LogP contribution in [-0.2, 0) is 9.53 Å². The third-order valence-electron chi connectivity index (χ3n) is 4.08. The monoisotopic (exact) mass is 377 g/mol. The van der Waals surface area contributed by atoms with Crippen molar-refractivity contribution in [3.63, 3.8) is 0 Å².